The molecule has 0 radical (unpaired) electrons. The first-order chi connectivity index (χ1) is 11.1. The van der Waals surface area contributed by atoms with Crippen molar-refractivity contribution in [3.8, 4) is 0 Å². The summed E-state index contributed by atoms with van der Waals surface area (Å²) in [6.07, 6.45) is 3.96. The molecule has 1 aliphatic rings. The van der Waals surface area contributed by atoms with Crippen LogP contribution >= 0.6 is 0 Å². The summed E-state index contributed by atoms with van der Waals surface area (Å²) < 4.78 is 1.85. The van der Waals surface area contributed by atoms with E-state index in [0.29, 0.717) is 26.1 Å². The van der Waals surface area contributed by atoms with Crippen molar-refractivity contribution in [1.29, 1.82) is 0 Å². The van der Waals surface area contributed by atoms with Gasteiger partial charge in [0.05, 0.1) is 12.5 Å². The van der Waals surface area contributed by atoms with Crippen LogP contribution in [0.15, 0.2) is 42.7 Å². The van der Waals surface area contributed by atoms with Crippen LogP contribution in [0.1, 0.15) is 17.5 Å². The second kappa shape index (κ2) is 6.64. The van der Waals surface area contributed by atoms with Gasteiger partial charge < -0.3 is 10.2 Å². The van der Waals surface area contributed by atoms with E-state index in [1.54, 1.807) is 18.1 Å². The number of hydrogen-bond donors (Lipinski definition) is 1. The quantitative estimate of drug-likeness (QED) is 0.896. The predicted octanol–water partition coefficient (Wildman–Crippen LogP) is 1.03. The van der Waals surface area contributed by atoms with E-state index in [2.05, 4.69) is 10.4 Å². The summed E-state index contributed by atoms with van der Waals surface area (Å²) in [4.78, 5) is 25.4. The van der Waals surface area contributed by atoms with E-state index in [4.69, 9.17) is 0 Å². The molecule has 6 heteroatoms. The molecular weight excluding hydrogens is 292 g/mol. The minimum absolute atomic E-state index is 0.0317. The van der Waals surface area contributed by atoms with Gasteiger partial charge >= 0.3 is 0 Å². The summed E-state index contributed by atoms with van der Waals surface area (Å²) >= 11 is 0. The standard InChI is InChI=1S/C17H20N4O2/c1-20-11-15(9-16(20)22)17(23)18-10-13-5-2-3-6-14(13)12-21-8-4-7-19-21/h2-8,15H,9-12H2,1H3,(H,18,23)/t15-/m0/s1. The fourth-order valence-corrected chi connectivity index (χ4v) is 2.82. The third-order valence-corrected chi connectivity index (χ3v) is 4.17. The fraction of sp³-hybridized carbons (Fsp3) is 0.353. The number of hydrogen-bond acceptors (Lipinski definition) is 3. The molecule has 23 heavy (non-hydrogen) atoms. The van der Waals surface area contributed by atoms with Gasteiger partial charge in [0.2, 0.25) is 11.8 Å². The highest BCUT2D eigenvalue weighted by Crippen LogP contribution is 2.16. The second-order valence-corrected chi connectivity index (χ2v) is 5.87. The minimum atomic E-state index is -0.245. The number of nitrogens with zero attached hydrogens (tertiary/aromatic N) is 3. The van der Waals surface area contributed by atoms with E-state index in [0.717, 1.165) is 11.1 Å². The number of carbonyl (C=O) groups is 2. The molecule has 1 aliphatic heterocycles. The molecule has 1 saturated heterocycles. The smallest absolute Gasteiger partial charge is 0.225 e. The third-order valence-electron chi connectivity index (χ3n) is 4.17. The molecule has 0 spiro atoms. The largest absolute Gasteiger partial charge is 0.352 e. The minimum Gasteiger partial charge on any atom is -0.352 e. The summed E-state index contributed by atoms with van der Waals surface area (Å²) in [5.41, 5.74) is 2.19. The van der Waals surface area contributed by atoms with Crippen LogP contribution in [0.5, 0.6) is 0 Å². The van der Waals surface area contributed by atoms with E-state index in [1.807, 2.05) is 41.2 Å². The van der Waals surface area contributed by atoms with Crippen LogP contribution in [0.3, 0.4) is 0 Å². The number of carbonyl (C=O) groups excluding carboxylic acids is 2. The van der Waals surface area contributed by atoms with Crippen LogP contribution in [0, 0.1) is 5.92 Å². The molecule has 0 bridgehead atoms. The zero-order valence-corrected chi connectivity index (χ0v) is 13.1. The molecule has 1 N–H and O–H groups in total. The van der Waals surface area contributed by atoms with Gasteiger partial charge in [0.15, 0.2) is 0 Å². The van der Waals surface area contributed by atoms with Gasteiger partial charge in [0, 0.05) is 39.0 Å². The molecule has 2 heterocycles. The van der Waals surface area contributed by atoms with E-state index >= 15 is 0 Å². The van der Waals surface area contributed by atoms with Crippen LogP contribution in [0.2, 0.25) is 0 Å². The third kappa shape index (κ3) is 3.59. The summed E-state index contributed by atoms with van der Waals surface area (Å²) in [5, 5.41) is 7.17. The topological polar surface area (TPSA) is 67.2 Å². The highest BCUT2D eigenvalue weighted by atomic mass is 16.2. The van der Waals surface area contributed by atoms with Crippen molar-refractivity contribution in [2.45, 2.75) is 19.5 Å². The van der Waals surface area contributed by atoms with Gasteiger partial charge in [-0.05, 0) is 17.2 Å². The molecule has 2 amide bonds. The van der Waals surface area contributed by atoms with Crippen molar-refractivity contribution in [3.63, 3.8) is 0 Å². The van der Waals surface area contributed by atoms with Gasteiger partial charge in [-0.15, -0.1) is 0 Å². The molecule has 1 atom stereocenters. The monoisotopic (exact) mass is 312 g/mol. The molecule has 120 valence electrons. The van der Waals surface area contributed by atoms with Crippen molar-refractivity contribution in [2.75, 3.05) is 13.6 Å². The number of rotatable bonds is 5. The molecule has 0 unspecified atom stereocenters. The van der Waals surface area contributed by atoms with Crippen LogP contribution in [0.25, 0.3) is 0 Å². The maximum absolute atomic E-state index is 12.2. The van der Waals surface area contributed by atoms with Gasteiger partial charge in [0.1, 0.15) is 0 Å². The molecule has 3 rings (SSSR count). The van der Waals surface area contributed by atoms with Crippen LogP contribution in [0.4, 0.5) is 0 Å². The van der Waals surface area contributed by atoms with Crippen LogP contribution in [-0.4, -0.2) is 40.1 Å². The first-order valence-electron chi connectivity index (χ1n) is 7.69. The Balaban J connectivity index is 1.62. The van der Waals surface area contributed by atoms with Crippen molar-refractivity contribution >= 4 is 11.8 Å². The lowest BCUT2D eigenvalue weighted by Gasteiger charge is -2.13. The predicted molar refractivity (Wildman–Crippen MR) is 85.4 cm³/mol. The van der Waals surface area contributed by atoms with E-state index in [9.17, 15) is 9.59 Å². The average Bonchev–Trinajstić information content (AvgIpc) is 3.17. The molecule has 1 aromatic carbocycles. The van der Waals surface area contributed by atoms with Gasteiger partial charge in [-0.25, -0.2) is 0 Å². The highest BCUT2D eigenvalue weighted by molar-refractivity contribution is 5.89. The zero-order valence-electron chi connectivity index (χ0n) is 13.1. The first-order valence-corrected chi connectivity index (χ1v) is 7.69. The lowest BCUT2D eigenvalue weighted by atomic mass is 10.1. The first kappa shape index (κ1) is 15.3. The van der Waals surface area contributed by atoms with Crippen LogP contribution < -0.4 is 5.32 Å². The second-order valence-electron chi connectivity index (χ2n) is 5.87. The Labute approximate surface area is 135 Å². The normalized spacial score (nSPS) is 17.5. The fourth-order valence-electron chi connectivity index (χ4n) is 2.82. The Hall–Kier alpha value is -2.63. The van der Waals surface area contributed by atoms with Crippen LogP contribution in [-0.2, 0) is 22.7 Å². The highest BCUT2D eigenvalue weighted by Gasteiger charge is 2.31. The van der Waals surface area contributed by atoms with E-state index in [-0.39, 0.29) is 17.7 Å². The lowest BCUT2D eigenvalue weighted by molar-refractivity contribution is -0.128. The maximum Gasteiger partial charge on any atom is 0.225 e. The number of likely N-dealkylation sites (tertiary alicyclic amines) is 1. The lowest BCUT2D eigenvalue weighted by Crippen LogP contribution is -2.32. The molecule has 6 nitrogen and oxygen atoms in total. The SMILES string of the molecule is CN1C[C@@H](C(=O)NCc2ccccc2Cn2cccn2)CC1=O. The number of aromatic nitrogens is 2. The summed E-state index contributed by atoms with van der Waals surface area (Å²) in [6.45, 7) is 1.63. The van der Waals surface area contributed by atoms with Crippen molar-refractivity contribution in [3.05, 3.63) is 53.9 Å². The molecule has 0 saturated carbocycles. The van der Waals surface area contributed by atoms with E-state index in [1.165, 1.54) is 0 Å². The van der Waals surface area contributed by atoms with Crippen molar-refractivity contribution in [2.24, 2.45) is 5.92 Å². The number of nitrogens with one attached hydrogen (secondary N) is 1. The zero-order chi connectivity index (χ0) is 16.2. The Morgan fingerprint density at radius 2 is 2.09 bits per heavy atom. The molecule has 2 aromatic rings. The molecule has 0 aliphatic carbocycles. The Bertz CT molecular complexity index is 696. The summed E-state index contributed by atoms with van der Waals surface area (Å²) in [5.74, 6) is -0.272. The maximum atomic E-state index is 12.2. The Morgan fingerprint density at radius 1 is 1.30 bits per heavy atom. The Kier molecular flexibility index (Phi) is 4.41. The van der Waals surface area contributed by atoms with E-state index < -0.39 is 0 Å². The molecule has 1 aromatic heterocycles. The Morgan fingerprint density at radius 3 is 2.74 bits per heavy atom. The van der Waals surface area contributed by atoms with Gasteiger partial charge in [-0.1, -0.05) is 24.3 Å². The summed E-state index contributed by atoms with van der Waals surface area (Å²) in [6, 6.07) is 9.87. The van der Waals surface area contributed by atoms with Gasteiger partial charge in [-0.3, -0.25) is 14.3 Å². The number of benzene rings is 1. The number of amides is 2. The average molecular weight is 312 g/mol. The molecule has 1 fully saturated rings. The van der Waals surface area contributed by atoms with Crippen molar-refractivity contribution in [1.82, 2.24) is 20.0 Å². The van der Waals surface area contributed by atoms with Gasteiger partial charge in [-0.2, -0.15) is 5.10 Å². The van der Waals surface area contributed by atoms with Gasteiger partial charge in [0.25, 0.3) is 0 Å². The van der Waals surface area contributed by atoms with Crippen molar-refractivity contribution < 1.29 is 9.59 Å². The molecular formula is C17H20N4O2. The summed E-state index contributed by atoms with van der Waals surface area (Å²) in [7, 11) is 1.73.